The number of hydrogen-bond donors (Lipinski definition) is 1. The van der Waals surface area contributed by atoms with Crippen LogP contribution in [0.4, 0.5) is 0 Å². The molecule has 0 amide bonds. The zero-order chi connectivity index (χ0) is 7.82. The molecule has 2 nitrogen and oxygen atoms in total. The van der Waals surface area contributed by atoms with Gasteiger partial charge in [0.15, 0.2) is 0 Å². The van der Waals surface area contributed by atoms with Crippen molar-refractivity contribution in [3.63, 3.8) is 0 Å². The number of hydrogen-bond acceptors (Lipinski definition) is 1. The maximum absolute atomic E-state index is 10.0. The molecule has 0 aliphatic carbocycles. The molecule has 0 saturated carbocycles. The molecule has 60 valence electrons. The first-order valence-electron chi connectivity index (χ1n) is 3.99. The molecule has 0 aromatic heterocycles. The average Bonchev–Trinajstić information content (AvgIpc) is 1.87. The van der Waals surface area contributed by atoms with Gasteiger partial charge in [0, 0.05) is 6.42 Å². The Balaban J connectivity index is 2.84. The van der Waals surface area contributed by atoms with Crippen LogP contribution in [0.1, 0.15) is 45.4 Å². The Morgan fingerprint density at radius 1 is 1.20 bits per heavy atom. The van der Waals surface area contributed by atoms with Gasteiger partial charge >= 0.3 is 5.97 Å². The van der Waals surface area contributed by atoms with E-state index < -0.39 is 5.97 Å². The average molecular weight is 148 g/mol. The summed E-state index contributed by atoms with van der Waals surface area (Å²) >= 11 is 0. The maximum Gasteiger partial charge on any atom is 0.303 e. The molecule has 0 atom stereocenters. The molecular formula is C8H16O2. The fourth-order valence-corrected chi connectivity index (χ4v) is 0.880. The Hall–Kier alpha value is -0.530. The molecule has 0 spiro atoms. The second-order valence-corrected chi connectivity index (χ2v) is 2.56. The number of carboxylic acids is 1. The van der Waals surface area contributed by atoms with E-state index in [9.17, 15) is 4.79 Å². The number of rotatable bonds is 6. The SMILES string of the molecule is [13CH3][13CH2][13CH2][13CH2]CCCC(=O)O. The minimum absolute atomic E-state index is 0.337. The first-order valence-corrected chi connectivity index (χ1v) is 3.99. The lowest BCUT2D eigenvalue weighted by molar-refractivity contribution is -0.137. The van der Waals surface area contributed by atoms with E-state index in [0.29, 0.717) is 6.42 Å². The highest BCUT2D eigenvalue weighted by atomic mass is 16.4. The molecule has 0 aliphatic heterocycles. The summed E-state index contributed by atoms with van der Waals surface area (Å²) in [5.41, 5.74) is 0. The summed E-state index contributed by atoms with van der Waals surface area (Å²) in [6.07, 6.45) is 5.88. The highest BCUT2D eigenvalue weighted by Crippen LogP contribution is 2.04. The third kappa shape index (κ3) is 7.47. The minimum Gasteiger partial charge on any atom is -0.481 e. The second-order valence-electron chi connectivity index (χ2n) is 2.56. The molecule has 0 rings (SSSR count). The van der Waals surface area contributed by atoms with Crippen LogP contribution >= 0.6 is 0 Å². The van der Waals surface area contributed by atoms with Gasteiger partial charge in [-0.05, 0) is 6.42 Å². The van der Waals surface area contributed by atoms with E-state index in [-0.39, 0.29) is 0 Å². The van der Waals surface area contributed by atoms with Crippen LogP contribution in [-0.4, -0.2) is 11.1 Å². The number of carbonyl (C=O) groups is 1. The van der Waals surface area contributed by atoms with Gasteiger partial charge in [0.05, 0.1) is 0 Å². The van der Waals surface area contributed by atoms with Crippen molar-refractivity contribution in [2.24, 2.45) is 0 Å². The molecule has 0 unspecified atom stereocenters. The van der Waals surface area contributed by atoms with Crippen LogP contribution in [-0.2, 0) is 4.79 Å². The smallest absolute Gasteiger partial charge is 0.303 e. The summed E-state index contributed by atoms with van der Waals surface area (Å²) in [5.74, 6) is -0.670. The quantitative estimate of drug-likeness (QED) is 0.464. The van der Waals surface area contributed by atoms with E-state index in [1.165, 1.54) is 19.3 Å². The highest BCUT2D eigenvalue weighted by molar-refractivity contribution is 5.66. The molecule has 0 radical (unpaired) electrons. The molecule has 0 bridgehead atoms. The predicted molar refractivity (Wildman–Crippen MR) is 41.0 cm³/mol. The summed E-state index contributed by atoms with van der Waals surface area (Å²) in [5, 5.41) is 8.27. The van der Waals surface area contributed by atoms with Gasteiger partial charge < -0.3 is 5.11 Å². The van der Waals surface area contributed by atoms with Crippen molar-refractivity contribution in [2.75, 3.05) is 0 Å². The van der Waals surface area contributed by atoms with E-state index >= 15 is 0 Å². The van der Waals surface area contributed by atoms with Crippen LogP contribution in [0.3, 0.4) is 0 Å². The molecule has 0 aliphatic rings. The Morgan fingerprint density at radius 3 is 2.30 bits per heavy atom. The van der Waals surface area contributed by atoms with Gasteiger partial charge in [0.2, 0.25) is 0 Å². The molecule has 10 heavy (non-hydrogen) atoms. The van der Waals surface area contributed by atoms with Gasteiger partial charge in [0.25, 0.3) is 0 Å². The van der Waals surface area contributed by atoms with Crippen LogP contribution in [0.2, 0.25) is 0 Å². The van der Waals surface area contributed by atoms with Gasteiger partial charge in [-0.15, -0.1) is 0 Å². The topological polar surface area (TPSA) is 37.3 Å². The number of unbranched alkanes of at least 4 members (excludes halogenated alkanes) is 4. The summed E-state index contributed by atoms with van der Waals surface area (Å²) in [4.78, 5) is 10.0. The molecule has 0 heterocycles. The maximum atomic E-state index is 10.0. The Bertz CT molecular complexity index is 89.3. The lowest BCUT2D eigenvalue weighted by Crippen LogP contribution is -1.93. The molecule has 2 heteroatoms. The van der Waals surface area contributed by atoms with E-state index in [1.54, 1.807) is 0 Å². The normalized spacial score (nSPS) is 9.70. The third-order valence-corrected chi connectivity index (χ3v) is 1.49. The van der Waals surface area contributed by atoms with Crippen LogP contribution in [0.25, 0.3) is 0 Å². The van der Waals surface area contributed by atoms with E-state index in [4.69, 9.17) is 5.11 Å². The highest BCUT2D eigenvalue weighted by Gasteiger charge is 1.94. The molecular weight excluding hydrogens is 132 g/mol. The van der Waals surface area contributed by atoms with Gasteiger partial charge in [-0.3, -0.25) is 4.79 Å². The lowest BCUT2D eigenvalue weighted by atomic mass is 10.3. The van der Waals surface area contributed by atoms with Crippen molar-refractivity contribution in [1.29, 1.82) is 0 Å². The van der Waals surface area contributed by atoms with Crippen molar-refractivity contribution in [3.05, 3.63) is 0 Å². The van der Waals surface area contributed by atoms with Crippen molar-refractivity contribution < 1.29 is 9.90 Å². The first kappa shape index (κ1) is 9.47. The zero-order valence-corrected chi connectivity index (χ0v) is 6.60. The van der Waals surface area contributed by atoms with Gasteiger partial charge in [0.1, 0.15) is 0 Å². The van der Waals surface area contributed by atoms with E-state index in [1.807, 2.05) is 0 Å². The van der Waals surface area contributed by atoms with Crippen molar-refractivity contribution >= 4 is 5.97 Å². The van der Waals surface area contributed by atoms with Gasteiger partial charge in [-0.2, -0.15) is 0 Å². The minimum atomic E-state index is -0.670. The Kier molecular flexibility index (Phi) is 6.24. The van der Waals surface area contributed by atoms with Gasteiger partial charge in [-0.25, -0.2) is 0 Å². The standard InChI is InChI=1S/C8H16O2/c1-2-3-4-5-6-7-8(9)10/h2-7H2,1H3,(H,9,10)/i1+1,2+1,3+1,4+1. The Labute approximate surface area is 62.2 Å². The molecule has 0 aromatic rings. The molecule has 1 N–H and O–H groups in total. The monoisotopic (exact) mass is 148 g/mol. The largest absolute Gasteiger partial charge is 0.481 e. The second kappa shape index (κ2) is 6.59. The van der Waals surface area contributed by atoms with Crippen molar-refractivity contribution in [2.45, 2.75) is 45.4 Å². The van der Waals surface area contributed by atoms with Crippen LogP contribution < -0.4 is 0 Å². The predicted octanol–water partition coefficient (Wildman–Crippen LogP) is 2.43. The zero-order valence-electron chi connectivity index (χ0n) is 6.60. The molecule has 0 saturated heterocycles. The van der Waals surface area contributed by atoms with Crippen LogP contribution in [0.5, 0.6) is 0 Å². The Morgan fingerprint density at radius 2 is 1.80 bits per heavy atom. The van der Waals surface area contributed by atoms with Crippen molar-refractivity contribution in [3.8, 4) is 0 Å². The van der Waals surface area contributed by atoms with E-state index in [0.717, 1.165) is 12.8 Å². The summed E-state index contributed by atoms with van der Waals surface area (Å²) in [7, 11) is 0. The van der Waals surface area contributed by atoms with Crippen LogP contribution in [0.15, 0.2) is 0 Å². The van der Waals surface area contributed by atoms with E-state index in [2.05, 4.69) is 6.92 Å². The summed E-state index contributed by atoms with van der Waals surface area (Å²) in [6, 6.07) is 0. The van der Waals surface area contributed by atoms with Crippen molar-refractivity contribution in [1.82, 2.24) is 0 Å². The molecule has 0 fully saturated rings. The summed E-state index contributed by atoms with van der Waals surface area (Å²) < 4.78 is 0. The fourth-order valence-electron chi connectivity index (χ4n) is 0.880. The number of carboxylic acid groups (broad SMARTS) is 1. The molecule has 0 aromatic carbocycles. The number of aliphatic carboxylic acids is 1. The summed E-state index contributed by atoms with van der Waals surface area (Å²) in [6.45, 7) is 2.15. The fraction of sp³-hybridized carbons (Fsp3) is 0.875. The third-order valence-electron chi connectivity index (χ3n) is 1.49. The van der Waals surface area contributed by atoms with Crippen LogP contribution in [0, 0.1) is 0 Å². The van der Waals surface area contributed by atoms with Gasteiger partial charge in [-0.1, -0.05) is 32.6 Å². The lowest BCUT2D eigenvalue weighted by Gasteiger charge is -1.95. The first-order chi connectivity index (χ1) is 4.77.